The van der Waals surface area contributed by atoms with Crippen LogP contribution < -0.4 is 4.74 Å². The van der Waals surface area contributed by atoms with Gasteiger partial charge in [0.15, 0.2) is 5.65 Å². The maximum atomic E-state index is 12.6. The van der Waals surface area contributed by atoms with Crippen LogP contribution in [0.4, 0.5) is 13.2 Å². The van der Waals surface area contributed by atoms with Gasteiger partial charge in [-0.3, -0.25) is 0 Å². The standard InChI is InChI=1S/C24H20ClF3N4O/c1-2-19-31-21-20(17-11-10-16(12-18(17)25)33-24(26,27)28)29-13-30-23(21)32(19)22(15-8-9-15)14-6-4-3-5-7-14/h3-7,10-13,15,22H,2,8-9H2,1H3. The predicted molar refractivity (Wildman–Crippen MR) is 119 cm³/mol. The third-order valence-electron chi connectivity index (χ3n) is 5.78. The van der Waals surface area contributed by atoms with Gasteiger partial charge >= 0.3 is 6.36 Å². The molecule has 0 N–H and O–H groups in total. The Hall–Kier alpha value is -3.13. The van der Waals surface area contributed by atoms with E-state index in [1.54, 1.807) is 0 Å². The fourth-order valence-corrected chi connectivity index (χ4v) is 4.53. The molecule has 0 radical (unpaired) electrons. The Morgan fingerprint density at radius 2 is 1.88 bits per heavy atom. The number of alkyl halides is 3. The summed E-state index contributed by atoms with van der Waals surface area (Å²) in [6.45, 7) is 2.04. The van der Waals surface area contributed by atoms with Crippen molar-refractivity contribution in [3.8, 4) is 17.0 Å². The third kappa shape index (κ3) is 4.27. The molecule has 0 amide bonds. The lowest BCUT2D eigenvalue weighted by Gasteiger charge is -2.21. The summed E-state index contributed by atoms with van der Waals surface area (Å²) in [5.41, 5.74) is 3.39. The van der Waals surface area contributed by atoms with E-state index in [9.17, 15) is 13.2 Å². The molecule has 0 bridgehead atoms. The van der Waals surface area contributed by atoms with E-state index in [1.165, 1.54) is 24.0 Å². The van der Waals surface area contributed by atoms with Gasteiger partial charge in [0.25, 0.3) is 0 Å². The summed E-state index contributed by atoms with van der Waals surface area (Å²) in [5.74, 6) is 0.982. The van der Waals surface area contributed by atoms with Gasteiger partial charge in [0.1, 0.15) is 29.1 Å². The average Bonchev–Trinajstić information content (AvgIpc) is 3.54. The molecule has 170 valence electrons. The Morgan fingerprint density at radius 1 is 1.12 bits per heavy atom. The van der Waals surface area contributed by atoms with Gasteiger partial charge < -0.3 is 9.30 Å². The quantitative estimate of drug-likeness (QED) is 0.317. The Bertz CT molecular complexity index is 1300. The number of aromatic nitrogens is 4. The van der Waals surface area contributed by atoms with Gasteiger partial charge in [-0.25, -0.2) is 15.0 Å². The first-order valence-electron chi connectivity index (χ1n) is 10.7. The van der Waals surface area contributed by atoms with Crippen molar-refractivity contribution in [1.82, 2.24) is 19.5 Å². The molecule has 1 unspecified atom stereocenters. The maximum absolute atomic E-state index is 12.6. The van der Waals surface area contributed by atoms with E-state index in [-0.39, 0.29) is 16.8 Å². The number of nitrogens with zero attached hydrogens (tertiary/aromatic N) is 4. The summed E-state index contributed by atoms with van der Waals surface area (Å²) in [7, 11) is 0. The number of aryl methyl sites for hydroxylation is 1. The number of hydrogen-bond acceptors (Lipinski definition) is 4. The van der Waals surface area contributed by atoms with Crippen molar-refractivity contribution >= 4 is 22.8 Å². The van der Waals surface area contributed by atoms with Gasteiger partial charge in [-0.1, -0.05) is 48.9 Å². The minimum absolute atomic E-state index is 0.0890. The van der Waals surface area contributed by atoms with Crippen LogP contribution in [0.25, 0.3) is 22.4 Å². The minimum atomic E-state index is -4.79. The lowest BCUT2D eigenvalue weighted by molar-refractivity contribution is -0.274. The van der Waals surface area contributed by atoms with Gasteiger partial charge in [-0.15, -0.1) is 13.2 Å². The van der Waals surface area contributed by atoms with E-state index in [4.69, 9.17) is 16.6 Å². The largest absolute Gasteiger partial charge is 0.573 e. The smallest absolute Gasteiger partial charge is 0.406 e. The normalized spacial score (nSPS) is 15.1. The molecule has 1 atom stereocenters. The van der Waals surface area contributed by atoms with Crippen LogP contribution in [0.1, 0.15) is 37.2 Å². The SMILES string of the molecule is CCc1nc2c(-c3ccc(OC(F)(F)F)cc3Cl)ncnc2n1C(c1ccccc1)C1CC1. The number of ether oxygens (including phenoxy) is 1. The van der Waals surface area contributed by atoms with Crippen LogP contribution in [0.5, 0.6) is 5.75 Å². The Labute approximate surface area is 193 Å². The summed E-state index contributed by atoms with van der Waals surface area (Å²) in [6, 6.07) is 14.2. The molecule has 2 aromatic carbocycles. The fraction of sp³-hybridized carbons (Fsp3) is 0.292. The highest BCUT2D eigenvalue weighted by Gasteiger charge is 2.36. The molecule has 2 aromatic heterocycles. The highest BCUT2D eigenvalue weighted by molar-refractivity contribution is 6.33. The summed E-state index contributed by atoms with van der Waals surface area (Å²) in [5, 5.41) is 0.0890. The molecule has 2 heterocycles. The van der Waals surface area contributed by atoms with Crippen LogP contribution in [0.2, 0.25) is 5.02 Å². The first-order chi connectivity index (χ1) is 15.9. The minimum Gasteiger partial charge on any atom is -0.406 e. The number of fused-ring (bicyclic) bond motifs is 1. The van der Waals surface area contributed by atoms with Crippen LogP contribution >= 0.6 is 11.6 Å². The molecule has 5 nitrogen and oxygen atoms in total. The zero-order valence-electron chi connectivity index (χ0n) is 17.7. The first-order valence-corrected chi connectivity index (χ1v) is 11.1. The van der Waals surface area contributed by atoms with Crippen LogP contribution in [0.15, 0.2) is 54.9 Å². The van der Waals surface area contributed by atoms with Crippen LogP contribution in [0.3, 0.4) is 0 Å². The van der Waals surface area contributed by atoms with Crippen molar-refractivity contribution in [3.63, 3.8) is 0 Å². The lowest BCUT2D eigenvalue weighted by Crippen LogP contribution is -2.17. The van der Waals surface area contributed by atoms with Gasteiger partial charge in [-0.2, -0.15) is 0 Å². The summed E-state index contributed by atoms with van der Waals surface area (Å²) in [6.07, 6.45) is -0.393. The average molecular weight is 473 g/mol. The molecule has 9 heteroatoms. The maximum Gasteiger partial charge on any atom is 0.573 e. The summed E-state index contributed by atoms with van der Waals surface area (Å²) in [4.78, 5) is 13.8. The number of halogens is 4. The topological polar surface area (TPSA) is 52.8 Å². The zero-order chi connectivity index (χ0) is 23.2. The monoisotopic (exact) mass is 472 g/mol. The van der Waals surface area contributed by atoms with E-state index < -0.39 is 6.36 Å². The second kappa shape index (κ2) is 8.33. The van der Waals surface area contributed by atoms with Crippen molar-refractivity contribution < 1.29 is 17.9 Å². The van der Waals surface area contributed by atoms with E-state index in [1.807, 2.05) is 25.1 Å². The van der Waals surface area contributed by atoms with Crippen molar-refractivity contribution in [2.45, 2.75) is 38.6 Å². The molecule has 1 aliphatic carbocycles. The fourth-order valence-electron chi connectivity index (χ4n) is 4.27. The van der Waals surface area contributed by atoms with E-state index in [0.29, 0.717) is 34.8 Å². The molecular formula is C24H20ClF3N4O. The van der Waals surface area contributed by atoms with Crippen molar-refractivity contribution in [2.75, 3.05) is 0 Å². The molecule has 33 heavy (non-hydrogen) atoms. The molecule has 0 aliphatic heterocycles. The highest BCUT2D eigenvalue weighted by Crippen LogP contribution is 2.45. The number of imidazole rings is 1. The van der Waals surface area contributed by atoms with Crippen molar-refractivity contribution in [3.05, 3.63) is 71.3 Å². The number of hydrogen-bond donors (Lipinski definition) is 0. The van der Waals surface area contributed by atoms with E-state index in [0.717, 1.165) is 24.7 Å². The lowest BCUT2D eigenvalue weighted by atomic mass is 10.0. The number of rotatable bonds is 6. The molecule has 4 aromatic rings. The third-order valence-corrected chi connectivity index (χ3v) is 6.10. The van der Waals surface area contributed by atoms with Crippen LogP contribution in [-0.4, -0.2) is 25.9 Å². The molecule has 1 aliphatic rings. The van der Waals surface area contributed by atoms with E-state index >= 15 is 0 Å². The second-order valence-corrected chi connectivity index (χ2v) is 8.44. The Kier molecular flexibility index (Phi) is 5.48. The van der Waals surface area contributed by atoms with Gasteiger partial charge in [0, 0.05) is 12.0 Å². The van der Waals surface area contributed by atoms with Crippen LogP contribution in [-0.2, 0) is 6.42 Å². The molecule has 5 rings (SSSR count). The van der Waals surface area contributed by atoms with Gasteiger partial charge in [0.05, 0.1) is 11.1 Å². The predicted octanol–water partition coefficient (Wildman–Crippen LogP) is 6.61. The van der Waals surface area contributed by atoms with Crippen LogP contribution in [0, 0.1) is 5.92 Å². The zero-order valence-corrected chi connectivity index (χ0v) is 18.4. The Balaban J connectivity index is 1.65. The molecule has 1 saturated carbocycles. The summed E-state index contributed by atoms with van der Waals surface area (Å²) < 4.78 is 43.9. The van der Waals surface area contributed by atoms with Crippen molar-refractivity contribution in [2.24, 2.45) is 5.92 Å². The Morgan fingerprint density at radius 3 is 2.52 bits per heavy atom. The molecule has 1 fully saturated rings. The molecular weight excluding hydrogens is 453 g/mol. The van der Waals surface area contributed by atoms with Crippen molar-refractivity contribution in [1.29, 1.82) is 0 Å². The number of benzene rings is 2. The highest BCUT2D eigenvalue weighted by atomic mass is 35.5. The molecule has 0 saturated heterocycles. The molecule has 0 spiro atoms. The summed E-state index contributed by atoms with van der Waals surface area (Å²) >= 11 is 6.35. The van der Waals surface area contributed by atoms with Gasteiger partial charge in [0.2, 0.25) is 0 Å². The first kappa shape index (κ1) is 21.7. The van der Waals surface area contributed by atoms with Gasteiger partial charge in [-0.05, 0) is 42.5 Å². The second-order valence-electron chi connectivity index (χ2n) is 8.03. The van der Waals surface area contributed by atoms with E-state index in [2.05, 4.69) is 31.4 Å².